The second-order valence-corrected chi connectivity index (χ2v) is 10.1. The van der Waals surface area contributed by atoms with E-state index < -0.39 is 33.4 Å². The molecule has 2 atom stereocenters. The van der Waals surface area contributed by atoms with Gasteiger partial charge in [0.2, 0.25) is 0 Å². The van der Waals surface area contributed by atoms with Gasteiger partial charge in [-0.25, -0.2) is 17.7 Å². The van der Waals surface area contributed by atoms with Gasteiger partial charge in [0.05, 0.1) is 21.8 Å². The first-order chi connectivity index (χ1) is 13.6. The predicted octanol–water partition coefficient (Wildman–Crippen LogP) is 5.61. The monoisotopic (exact) mass is 438 g/mol. The number of nitrogens with one attached hydrogen (secondary N) is 1. The Kier molecular flexibility index (Phi) is 6.51. The Morgan fingerprint density at radius 1 is 1.14 bits per heavy atom. The lowest BCUT2D eigenvalue weighted by atomic mass is 9.98. The molecule has 1 N–H and O–H groups in total. The third-order valence-electron chi connectivity index (χ3n) is 4.25. The van der Waals surface area contributed by atoms with Crippen molar-refractivity contribution >= 4 is 22.6 Å². The summed E-state index contributed by atoms with van der Waals surface area (Å²) in [5, 5.41) is 4.69. The highest BCUT2D eigenvalue weighted by Gasteiger charge is 2.28. The molecule has 0 bridgehead atoms. The summed E-state index contributed by atoms with van der Waals surface area (Å²) >= 11 is 5.97. The van der Waals surface area contributed by atoms with Crippen LogP contribution < -0.4 is 4.72 Å². The molecule has 0 aliphatic rings. The topological polar surface area (TPSA) is 55.1 Å². The van der Waals surface area contributed by atoms with Crippen molar-refractivity contribution in [1.29, 1.82) is 0 Å². The Labute approximate surface area is 175 Å². The first-order valence-corrected chi connectivity index (χ1v) is 10.5. The van der Waals surface area contributed by atoms with Gasteiger partial charge >= 0.3 is 0 Å². The van der Waals surface area contributed by atoms with Crippen molar-refractivity contribution < 1.29 is 17.5 Å². The standard InChI is InChI=1S/C21H21ClF2N2O2S/c1-21(2,3)29(27)26-19(10-13-8-16(23)11-17(24)9-13)20-18(12-28-25-20)14-4-6-15(22)7-5-14/h4-9,11-12,19,26H,10H2,1-3H3. The molecule has 0 fully saturated rings. The van der Waals surface area contributed by atoms with E-state index in [4.69, 9.17) is 16.1 Å². The number of hydrogen-bond acceptors (Lipinski definition) is 3. The normalized spacial score (nSPS) is 14.0. The minimum atomic E-state index is -1.44. The van der Waals surface area contributed by atoms with Gasteiger partial charge in [-0.05, 0) is 62.6 Å². The van der Waals surface area contributed by atoms with Crippen LogP contribution in [0.15, 0.2) is 53.3 Å². The summed E-state index contributed by atoms with van der Waals surface area (Å²) in [7, 11) is -1.44. The highest BCUT2D eigenvalue weighted by atomic mass is 35.5. The molecule has 4 nitrogen and oxygen atoms in total. The summed E-state index contributed by atoms with van der Waals surface area (Å²) in [5.74, 6) is -1.34. The summed E-state index contributed by atoms with van der Waals surface area (Å²) in [6.07, 6.45) is 1.66. The Bertz CT molecular complexity index is 996. The fourth-order valence-corrected chi connectivity index (χ4v) is 3.74. The molecule has 0 spiro atoms. The lowest BCUT2D eigenvalue weighted by Gasteiger charge is -2.24. The summed E-state index contributed by atoms with van der Waals surface area (Å²) in [6, 6.07) is 9.83. The van der Waals surface area contributed by atoms with Gasteiger partial charge in [0.25, 0.3) is 0 Å². The van der Waals surface area contributed by atoms with Gasteiger partial charge in [0, 0.05) is 16.7 Å². The molecule has 2 aromatic carbocycles. The zero-order chi connectivity index (χ0) is 21.2. The van der Waals surface area contributed by atoms with Gasteiger partial charge in [0.15, 0.2) is 0 Å². The first kappa shape index (κ1) is 21.6. The minimum absolute atomic E-state index is 0.170. The lowest BCUT2D eigenvalue weighted by Crippen LogP contribution is -2.36. The molecule has 0 aliphatic carbocycles. The molecule has 3 aromatic rings. The van der Waals surface area contributed by atoms with E-state index in [-0.39, 0.29) is 6.42 Å². The van der Waals surface area contributed by atoms with Crippen LogP contribution in [0.5, 0.6) is 0 Å². The van der Waals surface area contributed by atoms with E-state index in [1.165, 1.54) is 18.4 Å². The van der Waals surface area contributed by atoms with Crippen LogP contribution in [0.4, 0.5) is 8.78 Å². The third kappa shape index (κ3) is 5.50. The quantitative estimate of drug-likeness (QED) is 0.544. The molecule has 29 heavy (non-hydrogen) atoms. The number of benzene rings is 2. The van der Waals surface area contributed by atoms with Crippen LogP contribution in [0, 0.1) is 11.6 Å². The van der Waals surface area contributed by atoms with Crippen LogP contribution in [-0.4, -0.2) is 14.1 Å². The van der Waals surface area contributed by atoms with Crippen LogP contribution in [0.25, 0.3) is 11.1 Å². The Hall–Kier alpha value is -2.09. The molecular weight excluding hydrogens is 418 g/mol. The van der Waals surface area contributed by atoms with Gasteiger partial charge in [-0.3, -0.25) is 0 Å². The van der Waals surface area contributed by atoms with Crippen molar-refractivity contribution in [2.75, 3.05) is 0 Å². The molecule has 0 saturated carbocycles. The minimum Gasteiger partial charge on any atom is -0.364 e. The van der Waals surface area contributed by atoms with Gasteiger partial charge in [-0.15, -0.1) is 0 Å². The molecule has 2 unspecified atom stereocenters. The van der Waals surface area contributed by atoms with Crippen molar-refractivity contribution in [1.82, 2.24) is 9.88 Å². The summed E-state index contributed by atoms with van der Waals surface area (Å²) < 4.78 is 47.8. The maximum absolute atomic E-state index is 13.7. The van der Waals surface area contributed by atoms with Crippen LogP contribution in [0.1, 0.15) is 38.1 Å². The van der Waals surface area contributed by atoms with Crippen LogP contribution in [0.3, 0.4) is 0 Å². The van der Waals surface area contributed by atoms with Crippen molar-refractivity contribution in [2.45, 2.75) is 38.0 Å². The van der Waals surface area contributed by atoms with Crippen molar-refractivity contribution in [3.63, 3.8) is 0 Å². The molecule has 0 aliphatic heterocycles. The number of nitrogens with zero attached hydrogens (tertiary/aromatic N) is 1. The fourth-order valence-electron chi connectivity index (χ4n) is 2.81. The van der Waals surface area contributed by atoms with Crippen molar-refractivity contribution in [3.8, 4) is 11.1 Å². The zero-order valence-electron chi connectivity index (χ0n) is 16.2. The number of aromatic nitrogens is 1. The van der Waals surface area contributed by atoms with E-state index in [0.29, 0.717) is 21.8 Å². The lowest BCUT2D eigenvalue weighted by molar-refractivity contribution is 0.402. The predicted molar refractivity (Wildman–Crippen MR) is 111 cm³/mol. The molecule has 0 radical (unpaired) electrons. The fraction of sp³-hybridized carbons (Fsp3) is 0.286. The van der Waals surface area contributed by atoms with E-state index in [9.17, 15) is 13.0 Å². The molecule has 8 heteroatoms. The van der Waals surface area contributed by atoms with Crippen LogP contribution in [0.2, 0.25) is 5.02 Å². The van der Waals surface area contributed by atoms with Crippen LogP contribution in [-0.2, 0) is 17.4 Å². The number of halogens is 3. The molecule has 1 heterocycles. The van der Waals surface area contributed by atoms with E-state index in [2.05, 4.69) is 9.88 Å². The molecule has 154 valence electrons. The second kappa shape index (κ2) is 8.73. The summed E-state index contributed by atoms with van der Waals surface area (Å²) in [6.45, 7) is 5.49. The zero-order valence-corrected chi connectivity index (χ0v) is 17.8. The Morgan fingerprint density at radius 2 is 1.76 bits per heavy atom. The summed E-state index contributed by atoms with van der Waals surface area (Å²) in [4.78, 5) is 0. The van der Waals surface area contributed by atoms with Crippen LogP contribution >= 0.6 is 11.6 Å². The maximum atomic E-state index is 13.7. The Morgan fingerprint density at radius 3 is 2.34 bits per heavy atom. The molecule has 0 saturated heterocycles. The summed E-state index contributed by atoms with van der Waals surface area (Å²) in [5.41, 5.74) is 2.40. The third-order valence-corrected chi connectivity index (χ3v) is 6.11. The smallest absolute Gasteiger partial charge is 0.131 e. The highest BCUT2D eigenvalue weighted by molar-refractivity contribution is 7.84. The van der Waals surface area contributed by atoms with E-state index in [0.717, 1.165) is 11.6 Å². The first-order valence-electron chi connectivity index (χ1n) is 8.96. The van der Waals surface area contributed by atoms with E-state index >= 15 is 0 Å². The van der Waals surface area contributed by atoms with E-state index in [1.54, 1.807) is 12.1 Å². The average Bonchev–Trinajstić information content (AvgIpc) is 3.09. The van der Waals surface area contributed by atoms with Crippen molar-refractivity contribution in [2.24, 2.45) is 0 Å². The Balaban J connectivity index is 2.00. The number of rotatable bonds is 6. The van der Waals surface area contributed by atoms with Gasteiger partial charge < -0.3 is 4.52 Å². The SMILES string of the molecule is CC(C)(C)S(=O)NC(Cc1cc(F)cc(F)c1)c1nocc1-c1ccc(Cl)cc1. The van der Waals surface area contributed by atoms with Gasteiger partial charge in [0.1, 0.15) is 23.6 Å². The van der Waals surface area contributed by atoms with Gasteiger partial charge in [-0.1, -0.05) is 28.9 Å². The largest absolute Gasteiger partial charge is 0.364 e. The average molecular weight is 439 g/mol. The number of hydrogen-bond donors (Lipinski definition) is 1. The highest BCUT2D eigenvalue weighted by Crippen LogP contribution is 2.31. The molecular formula is C21H21ClF2N2O2S. The van der Waals surface area contributed by atoms with E-state index in [1.807, 2.05) is 32.9 Å². The molecule has 1 aromatic heterocycles. The maximum Gasteiger partial charge on any atom is 0.131 e. The second-order valence-electron chi connectivity index (χ2n) is 7.65. The molecule has 3 rings (SSSR count). The van der Waals surface area contributed by atoms with Gasteiger partial charge in [-0.2, -0.15) is 0 Å². The molecule has 0 amide bonds. The van der Waals surface area contributed by atoms with Crippen molar-refractivity contribution in [3.05, 3.63) is 76.6 Å².